The highest BCUT2D eigenvalue weighted by atomic mass is 32.2. The second-order valence-corrected chi connectivity index (χ2v) is 5.89. The van der Waals surface area contributed by atoms with Gasteiger partial charge in [0.2, 0.25) is 0 Å². The zero-order valence-corrected chi connectivity index (χ0v) is 9.28. The van der Waals surface area contributed by atoms with Gasteiger partial charge in [0.1, 0.15) is 0 Å². The lowest BCUT2D eigenvalue weighted by Crippen LogP contribution is -2.51. The molecule has 2 N–H and O–H groups in total. The lowest BCUT2D eigenvalue weighted by Gasteiger charge is -2.34. The van der Waals surface area contributed by atoms with E-state index in [1.54, 1.807) is 0 Å². The molecule has 0 aromatic carbocycles. The van der Waals surface area contributed by atoms with Gasteiger partial charge in [0, 0.05) is 36.7 Å². The van der Waals surface area contributed by atoms with Gasteiger partial charge >= 0.3 is 0 Å². The summed E-state index contributed by atoms with van der Waals surface area (Å²) in [7, 11) is 0. The predicted octanol–water partition coefficient (Wildman–Crippen LogP) is 1.16. The van der Waals surface area contributed by atoms with E-state index in [9.17, 15) is 0 Å². The smallest absolute Gasteiger partial charge is 0.0283 e. The van der Waals surface area contributed by atoms with Gasteiger partial charge in [-0.1, -0.05) is 0 Å². The summed E-state index contributed by atoms with van der Waals surface area (Å²) in [4.78, 5) is 2.54. The van der Waals surface area contributed by atoms with E-state index in [1.807, 2.05) is 0 Å². The normalized spacial score (nSPS) is 30.0. The predicted molar refractivity (Wildman–Crippen MR) is 59.1 cm³/mol. The first kappa shape index (κ1) is 9.81. The summed E-state index contributed by atoms with van der Waals surface area (Å²) in [5.41, 5.74) is 6.39. The van der Waals surface area contributed by atoms with Crippen molar-refractivity contribution in [1.29, 1.82) is 0 Å². The highest BCUT2D eigenvalue weighted by molar-refractivity contribution is 7.99. The van der Waals surface area contributed by atoms with Crippen molar-refractivity contribution in [3.8, 4) is 0 Å². The molecular weight excluding hydrogens is 180 g/mol. The SMILES string of the molecule is CC(N)(CN1CCSCC1)C1CC1. The van der Waals surface area contributed by atoms with Crippen molar-refractivity contribution in [3.63, 3.8) is 0 Å². The van der Waals surface area contributed by atoms with Crippen LogP contribution in [0.5, 0.6) is 0 Å². The van der Waals surface area contributed by atoms with Crippen molar-refractivity contribution in [1.82, 2.24) is 4.90 Å². The van der Waals surface area contributed by atoms with E-state index in [-0.39, 0.29) is 5.54 Å². The van der Waals surface area contributed by atoms with Crippen LogP contribution in [0.4, 0.5) is 0 Å². The average molecular weight is 200 g/mol. The molecule has 2 nitrogen and oxygen atoms in total. The van der Waals surface area contributed by atoms with Crippen LogP contribution < -0.4 is 5.73 Å². The van der Waals surface area contributed by atoms with Crippen molar-refractivity contribution in [2.75, 3.05) is 31.1 Å². The van der Waals surface area contributed by atoms with Crippen molar-refractivity contribution in [3.05, 3.63) is 0 Å². The van der Waals surface area contributed by atoms with Gasteiger partial charge in [0.05, 0.1) is 0 Å². The Bertz CT molecular complexity index is 172. The van der Waals surface area contributed by atoms with Gasteiger partial charge in [-0.25, -0.2) is 0 Å². The van der Waals surface area contributed by atoms with Crippen molar-refractivity contribution in [2.24, 2.45) is 11.7 Å². The standard InChI is InChI=1S/C10H20N2S/c1-10(11,9-2-3-9)8-12-4-6-13-7-5-12/h9H,2-8,11H2,1H3. The molecule has 0 aromatic rings. The molecule has 0 radical (unpaired) electrons. The Kier molecular flexibility index (Phi) is 2.86. The molecule has 1 saturated carbocycles. The molecule has 0 spiro atoms. The zero-order chi connectivity index (χ0) is 9.31. The molecule has 2 rings (SSSR count). The van der Waals surface area contributed by atoms with Gasteiger partial charge in [0.25, 0.3) is 0 Å². The highest BCUT2D eigenvalue weighted by Crippen LogP contribution is 2.38. The Hall–Kier alpha value is 0.270. The third-order valence-electron chi connectivity index (χ3n) is 3.18. The van der Waals surface area contributed by atoms with Crippen LogP contribution in [-0.4, -0.2) is 41.6 Å². The quantitative estimate of drug-likeness (QED) is 0.741. The van der Waals surface area contributed by atoms with E-state index in [0.717, 1.165) is 12.5 Å². The summed E-state index contributed by atoms with van der Waals surface area (Å²) in [6.07, 6.45) is 2.71. The fourth-order valence-electron chi connectivity index (χ4n) is 2.11. The van der Waals surface area contributed by atoms with Crippen LogP contribution in [-0.2, 0) is 0 Å². The first-order valence-electron chi connectivity index (χ1n) is 5.27. The number of hydrogen-bond acceptors (Lipinski definition) is 3. The zero-order valence-electron chi connectivity index (χ0n) is 8.46. The summed E-state index contributed by atoms with van der Waals surface area (Å²) < 4.78 is 0. The van der Waals surface area contributed by atoms with Crippen LogP contribution in [0.2, 0.25) is 0 Å². The molecule has 0 amide bonds. The average Bonchev–Trinajstić information content (AvgIpc) is 2.87. The molecule has 1 aliphatic heterocycles. The molecule has 2 aliphatic rings. The monoisotopic (exact) mass is 200 g/mol. The minimum Gasteiger partial charge on any atom is -0.324 e. The van der Waals surface area contributed by atoms with Crippen molar-refractivity contribution >= 4 is 11.8 Å². The Balaban J connectivity index is 1.80. The maximum absolute atomic E-state index is 6.30. The summed E-state index contributed by atoms with van der Waals surface area (Å²) in [5.74, 6) is 3.39. The Morgan fingerprint density at radius 2 is 2.00 bits per heavy atom. The molecule has 0 bridgehead atoms. The molecular formula is C10H20N2S. The number of nitrogens with zero attached hydrogens (tertiary/aromatic N) is 1. The first-order chi connectivity index (χ1) is 6.18. The largest absolute Gasteiger partial charge is 0.324 e. The van der Waals surface area contributed by atoms with Gasteiger partial charge in [-0.05, 0) is 25.7 Å². The maximum atomic E-state index is 6.30. The molecule has 76 valence electrons. The number of thioether (sulfide) groups is 1. The number of rotatable bonds is 3. The van der Waals surface area contributed by atoms with Gasteiger partial charge in [-0.3, -0.25) is 4.90 Å². The van der Waals surface area contributed by atoms with E-state index in [4.69, 9.17) is 5.73 Å². The minimum atomic E-state index is 0.0853. The number of nitrogens with two attached hydrogens (primary N) is 1. The molecule has 1 unspecified atom stereocenters. The first-order valence-corrected chi connectivity index (χ1v) is 6.43. The van der Waals surface area contributed by atoms with Crippen molar-refractivity contribution in [2.45, 2.75) is 25.3 Å². The van der Waals surface area contributed by atoms with Crippen LogP contribution in [0, 0.1) is 5.92 Å². The fraction of sp³-hybridized carbons (Fsp3) is 1.00. The van der Waals surface area contributed by atoms with Gasteiger partial charge in [0.15, 0.2) is 0 Å². The van der Waals surface area contributed by atoms with Crippen LogP contribution in [0.15, 0.2) is 0 Å². The van der Waals surface area contributed by atoms with E-state index in [0.29, 0.717) is 0 Å². The van der Waals surface area contributed by atoms with E-state index in [2.05, 4.69) is 23.6 Å². The Labute approximate surface area is 85.2 Å². The molecule has 2 fully saturated rings. The van der Waals surface area contributed by atoms with Gasteiger partial charge < -0.3 is 5.73 Å². The lowest BCUT2D eigenvalue weighted by atomic mass is 9.96. The summed E-state index contributed by atoms with van der Waals surface area (Å²) in [5, 5.41) is 0. The molecule has 1 aliphatic carbocycles. The van der Waals surface area contributed by atoms with Crippen molar-refractivity contribution < 1.29 is 0 Å². The molecule has 1 heterocycles. The third-order valence-corrected chi connectivity index (χ3v) is 4.12. The second-order valence-electron chi connectivity index (χ2n) is 4.67. The maximum Gasteiger partial charge on any atom is 0.0283 e. The summed E-state index contributed by atoms with van der Waals surface area (Å²) in [6, 6.07) is 0. The molecule has 0 aromatic heterocycles. The van der Waals surface area contributed by atoms with Crippen LogP contribution in [0.3, 0.4) is 0 Å². The Morgan fingerprint density at radius 1 is 1.38 bits per heavy atom. The summed E-state index contributed by atoms with van der Waals surface area (Å²) in [6.45, 7) is 5.82. The van der Waals surface area contributed by atoms with E-state index in [1.165, 1.54) is 37.4 Å². The topological polar surface area (TPSA) is 29.3 Å². The highest BCUT2D eigenvalue weighted by Gasteiger charge is 2.39. The molecule has 13 heavy (non-hydrogen) atoms. The van der Waals surface area contributed by atoms with Gasteiger partial charge in [-0.15, -0.1) is 0 Å². The van der Waals surface area contributed by atoms with E-state index >= 15 is 0 Å². The Morgan fingerprint density at radius 3 is 2.54 bits per heavy atom. The molecule has 1 saturated heterocycles. The second kappa shape index (κ2) is 3.79. The van der Waals surface area contributed by atoms with Gasteiger partial charge in [-0.2, -0.15) is 11.8 Å². The molecule has 3 heteroatoms. The molecule has 1 atom stereocenters. The van der Waals surface area contributed by atoms with Crippen LogP contribution >= 0.6 is 11.8 Å². The lowest BCUT2D eigenvalue weighted by molar-refractivity contribution is 0.218. The van der Waals surface area contributed by atoms with E-state index < -0.39 is 0 Å². The van der Waals surface area contributed by atoms with Crippen LogP contribution in [0.25, 0.3) is 0 Å². The number of hydrogen-bond donors (Lipinski definition) is 1. The van der Waals surface area contributed by atoms with Crippen LogP contribution in [0.1, 0.15) is 19.8 Å². The summed E-state index contributed by atoms with van der Waals surface area (Å²) >= 11 is 2.07. The minimum absolute atomic E-state index is 0.0853. The fourth-order valence-corrected chi connectivity index (χ4v) is 3.09. The third kappa shape index (κ3) is 2.61.